The largest absolute Gasteiger partial charge is 0.346 e. The summed E-state index contributed by atoms with van der Waals surface area (Å²) in [5.41, 5.74) is 0.0612. The first kappa shape index (κ1) is 13.8. The number of amides is 1. The third-order valence-corrected chi connectivity index (χ3v) is 3.93. The number of carbonyl (C=O) groups is 1. The number of halogens is 3. The summed E-state index contributed by atoms with van der Waals surface area (Å²) >= 11 is 15.1. The lowest BCUT2D eigenvalue weighted by molar-refractivity contribution is 0.0921. The number of carbonyl (C=O) groups excluding carboxylic acids is 1. The maximum Gasteiger partial charge on any atom is 0.253 e. The Labute approximate surface area is 113 Å². The highest BCUT2D eigenvalue weighted by molar-refractivity contribution is 9.09. The van der Waals surface area contributed by atoms with Crippen LogP contribution in [0.1, 0.15) is 24.2 Å². The van der Waals surface area contributed by atoms with Gasteiger partial charge in [0.1, 0.15) is 0 Å². The van der Waals surface area contributed by atoms with Crippen LogP contribution in [0.15, 0.2) is 18.2 Å². The second-order valence-corrected chi connectivity index (χ2v) is 5.50. The summed E-state index contributed by atoms with van der Waals surface area (Å²) in [7, 11) is 0. The molecule has 88 valence electrons. The molecule has 0 aliphatic heterocycles. The minimum absolute atomic E-state index is 0.225. The number of alkyl halides is 1. The molecule has 1 amide bonds. The van der Waals surface area contributed by atoms with Gasteiger partial charge in [0.05, 0.1) is 10.6 Å². The molecule has 1 aromatic carbocycles. The smallest absolute Gasteiger partial charge is 0.253 e. The van der Waals surface area contributed by atoms with Gasteiger partial charge in [-0.05, 0) is 32.0 Å². The van der Waals surface area contributed by atoms with Crippen molar-refractivity contribution < 1.29 is 4.79 Å². The molecule has 1 N–H and O–H groups in total. The topological polar surface area (TPSA) is 29.1 Å². The fraction of sp³-hybridized carbons (Fsp3) is 0.364. The molecule has 1 rings (SSSR count). The molecule has 0 atom stereocenters. The summed E-state index contributed by atoms with van der Waals surface area (Å²) in [6, 6.07) is 4.82. The van der Waals surface area contributed by atoms with Crippen molar-refractivity contribution in [2.75, 3.05) is 5.33 Å². The third kappa shape index (κ3) is 3.65. The Kier molecular flexibility index (Phi) is 4.65. The van der Waals surface area contributed by atoms with Crippen molar-refractivity contribution in [3.63, 3.8) is 0 Å². The van der Waals surface area contributed by atoms with Crippen LogP contribution in [-0.2, 0) is 0 Å². The molecule has 5 heteroatoms. The van der Waals surface area contributed by atoms with Crippen LogP contribution in [0.25, 0.3) is 0 Å². The lowest BCUT2D eigenvalue weighted by atomic mass is 10.1. The molecule has 0 aromatic heterocycles. The minimum Gasteiger partial charge on any atom is -0.346 e. The molecular weight excluding hydrogens is 313 g/mol. The van der Waals surface area contributed by atoms with E-state index in [0.717, 1.165) is 0 Å². The van der Waals surface area contributed by atoms with E-state index in [2.05, 4.69) is 21.2 Å². The molecule has 0 fully saturated rings. The van der Waals surface area contributed by atoms with Gasteiger partial charge in [0.25, 0.3) is 5.91 Å². The second-order valence-electron chi connectivity index (χ2n) is 4.10. The van der Waals surface area contributed by atoms with E-state index in [-0.39, 0.29) is 11.4 Å². The maximum absolute atomic E-state index is 11.9. The van der Waals surface area contributed by atoms with Gasteiger partial charge >= 0.3 is 0 Å². The highest BCUT2D eigenvalue weighted by atomic mass is 79.9. The summed E-state index contributed by atoms with van der Waals surface area (Å²) in [6.45, 7) is 3.83. The van der Waals surface area contributed by atoms with Gasteiger partial charge in [-0.25, -0.2) is 0 Å². The van der Waals surface area contributed by atoms with Crippen LogP contribution in [0.2, 0.25) is 10.0 Å². The second kappa shape index (κ2) is 5.39. The van der Waals surface area contributed by atoms with Crippen molar-refractivity contribution in [1.29, 1.82) is 0 Å². The Balaban J connectivity index is 2.93. The van der Waals surface area contributed by atoms with Crippen molar-refractivity contribution in [2.24, 2.45) is 0 Å². The van der Waals surface area contributed by atoms with Crippen LogP contribution in [-0.4, -0.2) is 16.8 Å². The predicted molar refractivity (Wildman–Crippen MR) is 71.8 cm³/mol. The lowest BCUT2D eigenvalue weighted by Gasteiger charge is -2.23. The van der Waals surface area contributed by atoms with Crippen LogP contribution in [0.5, 0.6) is 0 Å². The van der Waals surface area contributed by atoms with E-state index >= 15 is 0 Å². The van der Waals surface area contributed by atoms with Crippen molar-refractivity contribution in [2.45, 2.75) is 19.4 Å². The van der Waals surface area contributed by atoms with Crippen LogP contribution in [0.3, 0.4) is 0 Å². The summed E-state index contributed by atoms with van der Waals surface area (Å²) in [4.78, 5) is 11.9. The van der Waals surface area contributed by atoms with Gasteiger partial charge in [0, 0.05) is 15.9 Å². The Morgan fingerprint density at radius 3 is 2.62 bits per heavy atom. The molecule has 0 unspecified atom stereocenters. The molecule has 0 radical (unpaired) electrons. The fourth-order valence-corrected chi connectivity index (χ4v) is 1.60. The highest BCUT2D eigenvalue weighted by Gasteiger charge is 2.21. The molecule has 0 heterocycles. The van der Waals surface area contributed by atoms with Gasteiger partial charge in [-0.2, -0.15) is 0 Å². The van der Waals surface area contributed by atoms with Gasteiger partial charge in [-0.3, -0.25) is 4.79 Å². The monoisotopic (exact) mass is 323 g/mol. The number of nitrogens with one attached hydrogen (secondary N) is 1. The number of rotatable bonds is 3. The number of benzene rings is 1. The first-order valence-electron chi connectivity index (χ1n) is 4.69. The zero-order valence-electron chi connectivity index (χ0n) is 8.98. The van der Waals surface area contributed by atoms with Crippen molar-refractivity contribution in [3.8, 4) is 0 Å². The van der Waals surface area contributed by atoms with E-state index in [1.807, 2.05) is 13.8 Å². The van der Waals surface area contributed by atoms with E-state index in [0.29, 0.717) is 20.9 Å². The first-order chi connectivity index (χ1) is 7.35. The Morgan fingerprint density at radius 2 is 2.06 bits per heavy atom. The average molecular weight is 325 g/mol. The van der Waals surface area contributed by atoms with Gasteiger partial charge in [-0.15, -0.1) is 0 Å². The van der Waals surface area contributed by atoms with E-state index in [1.54, 1.807) is 18.2 Å². The van der Waals surface area contributed by atoms with Gasteiger partial charge in [0.2, 0.25) is 0 Å². The Morgan fingerprint density at radius 1 is 1.44 bits per heavy atom. The lowest BCUT2D eigenvalue weighted by Crippen LogP contribution is -2.44. The fourth-order valence-electron chi connectivity index (χ4n) is 1.08. The zero-order chi connectivity index (χ0) is 12.3. The minimum atomic E-state index is -0.331. The summed E-state index contributed by atoms with van der Waals surface area (Å²) < 4.78 is 0. The summed E-state index contributed by atoms with van der Waals surface area (Å²) in [5.74, 6) is -0.225. The Hall–Kier alpha value is -0.250. The molecule has 0 aliphatic rings. The molecule has 1 aromatic rings. The number of hydrogen-bond donors (Lipinski definition) is 1. The summed E-state index contributed by atoms with van der Waals surface area (Å²) in [5, 5.41) is 4.41. The highest BCUT2D eigenvalue weighted by Crippen LogP contribution is 2.21. The van der Waals surface area contributed by atoms with Crippen LogP contribution in [0.4, 0.5) is 0 Å². The molecule has 0 bridgehead atoms. The van der Waals surface area contributed by atoms with Gasteiger partial charge in [-0.1, -0.05) is 39.1 Å². The molecule has 2 nitrogen and oxygen atoms in total. The molecule has 16 heavy (non-hydrogen) atoms. The molecule has 0 saturated carbocycles. The van der Waals surface area contributed by atoms with Crippen LogP contribution < -0.4 is 5.32 Å². The molecule has 0 spiro atoms. The summed E-state index contributed by atoms with van der Waals surface area (Å²) in [6.07, 6.45) is 0. The van der Waals surface area contributed by atoms with E-state index in [1.165, 1.54) is 0 Å². The van der Waals surface area contributed by atoms with Crippen molar-refractivity contribution in [1.82, 2.24) is 5.32 Å². The maximum atomic E-state index is 11.9. The van der Waals surface area contributed by atoms with E-state index in [9.17, 15) is 4.79 Å². The Bertz CT molecular complexity index is 407. The normalized spacial score (nSPS) is 11.3. The van der Waals surface area contributed by atoms with Crippen molar-refractivity contribution >= 4 is 45.0 Å². The average Bonchev–Trinajstić information content (AvgIpc) is 2.21. The molecular formula is C11H12BrCl2NO. The van der Waals surface area contributed by atoms with Crippen molar-refractivity contribution in [3.05, 3.63) is 33.8 Å². The zero-order valence-corrected chi connectivity index (χ0v) is 12.1. The molecule has 0 saturated heterocycles. The van der Waals surface area contributed by atoms with Gasteiger partial charge in [0.15, 0.2) is 0 Å². The van der Waals surface area contributed by atoms with E-state index < -0.39 is 0 Å². The van der Waals surface area contributed by atoms with Crippen LogP contribution >= 0.6 is 39.1 Å². The van der Waals surface area contributed by atoms with E-state index in [4.69, 9.17) is 23.2 Å². The first-order valence-corrected chi connectivity index (χ1v) is 6.57. The number of hydrogen-bond acceptors (Lipinski definition) is 1. The third-order valence-electron chi connectivity index (χ3n) is 1.96. The van der Waals surface area contributed by atoms with Gasteiger partial charge < -0.3 is 5.32 Å². The van der Waals surface area contributed by atoms with Crippen LogP contribution in [0, 0.1) is 0 Å². The quantitative estimate of drug-likeness (QED) is 0.839. The predicted octanol–water partition coefficient (Wildman–Crippen LogP) is 3.90. The molecule has 0 aliphatic carbocycles. The SMILES string of the molecule is CC(C)(CBr)NC(=O)c1cc(Cl)ccc1Cl. The standard InChI is InChI=1S/C11H12BrCl2NO/c1-11(2,6-12)15-10(16)8-5-7(13)3-4-9(8)14/h3-5H,6H2,1-2H3,(H,15,16).